The quantitative estimate of drug-likeness (QED) is 0.520. The first-order valence-electron chi connectivity index (χ1n) is 7.28. The molecule has 0 bridgehead atoms. The Labute approximate surface area is 142 Å². The van der Waals surface area contributed by atoms with Crippen molar-refractivity contribution in [3.05, 3.63) is 63.1 Å². The Bertz CT molecular complexity index is 681. The topological polar surface area (TPSA) is 15.6 Å². The number of hydrogen-bond donors (Lipinski definition) is 0. The Morgan fingerprint density at radius 3 is 2.50 bits per heavy atom. The van der Waals surface area contributed by atoms with Gasteiger partial charge in [0.2, 0.25) is 0 Å². The summed E-state index contributed by atoms with van der Waals surface area (Å²) in [6.07, 6.45) is 2.53. The van der Waals surface area contributed by atoms with E-state index in [1.807, 2.05) is 36.2 Å². The van der Waals surface area contributed by atoms with Crippen LogP contribution in [0, 0.1) is 6.92 Å². The van der Waals surface area contributed by atoms with Gasteiger partial charge in [-0.25, -0.2) is 4.99 Å². The Morgan fingerprint density at radius 2 is 1.82 bits per heavy atom. The molecule has 0 heterocycles. The summed E-state index contributed by atoms with van der Waals surface area (Å²) < 4.78 is 0. The molecule has 0 saturated heterocycles. The van der Waals surface area contributed by atoms with Crippen LogP contribution < -0.4 is 0 Å². The molecule has 0 radical (unpaired) electrons. The van der Waals surface area contributed by atoms with E-state index in [1.54, 1.807) is 6.34 Å². The van der Waals surface area contributed by atoms with Crippen molar-refractivity contribution in [3.8, 4) is 0 Å². The molecule has 4 heteroatoms. The van der Waals surface area contributed by atoms with Crippen LogP contribution in [0.4, 0.5) is 5.69 Å². The molecule has 0 spiro atoms. The van der Waals surface area contributed by atoms with Crippen molar-refractivity contribution in [2.75, 3.05) is 13.6 Å². The van der Waals surface area contributed by atoms with Crippen LogP contribution >= 0.6 is 23.2 Å². The van der Waals surface area contributed by atoms with E-state index >= 15 is 0 Å². The summed E-state index contributed by atoms with van der Waals surface area (Å²) in [4.78, 5) is 6.37. The largest absolute Gasteiger partial charge is 0.366 e. The van der Waals surface area contributed by atoms with Gasteiger partial charge >= 0.3 is 0 Å². The Hall–Kier alpha value is -1.51. The van der Waals surface area contributed by atoms with Gasteiger partial charge in [0.15, 0.2) is 0 Å². The second-order valence-electron chi connectivity index (χ2n) is 5.32. The fourth-order valence-corrected chi connectivity index (χ4v) is 2.53. The summed E-state index contributed by atoms with van der Waals surface area (Å²) in [7, 11) is 1.96. The number of nitrogens with zero attached hydrogens (tertiary/aromatic N) is 2. The molecule has 2 rings (SSSR count). The number of halogens is 2. The lowest BCUT2D eigenvalue weighted by atomic mass is 10.0. The first-order valence-corrected chi connectivity index (χ1v) is 8.03. The average molecular weight is 335 g/mol. The van der Waals surface area contributed by atoms with Gasteiger partial charge in [0.05, 0.1) is 17.0 Å². The number of benzene rings is 2. The van der Waals surface area contributed by atoms with Gasteiger partial charge in [-0.15, -0.1) is 0 Å². The first kappa shape index (κ1) is 16.9. The smallest absolute Gasteiger partial charge is 0.0910 e. The molecule has 0 aromatic heterocycles. The fraction of sp³-hybridized carbons (Fsp3) is 0.278. The van der Waals surface area contributed by atoms with E-state index in [-0.39, 0.29) is 0 Å². The van der Waals surface area contributed by atoms with Crippen LogP contribution in [0.15, 0.2) is 41.4 Å². The van der Waals surface area contributed by atoms with Crippen molar-refractivity contribution < 1.29 is 0 Å². The standard InChI is InChI=1S/C18H20Cl2N2/c1-4-22(3)12-21-18-11-16(19)15(10-17(18)20)9-14-8-6-5-7-13(14)2/h5-8,10-12H,4,9H2,1-3H3. The van der Waals surface area contributed by atoms with Crippen molar-refractivity contribution in [1.29, 1.82) is 0 Å². The van der Waals surface area contributed by atoms with Crippen molar-refractivity contribution in [3.63, 3.8) is 0 Å². The third-order valence-corrected chi connectivity index (χ3v) is 4.31. The lowest BCUT2D eigenvalue weighted by Gasteiger charge is -2.11. The normalized spacial score (nSPS) is 11.1. The molecule has 0 aliphatic rings. The minimum Gasteiger partial charge on any atom is -0.366 e. The summed E-state index contributed by atoms with van der Waals surface area (Å²) in [5.74, 6) is 0. The molecule has 0 atom stereocenters. The molecule has 0 N–H and O–H groups in total. The molecule has 0 aliphatic carbocycles. The van der Waals surface area contributed by atoms with Gasteiger partial charge in [-0.3, -0.25) is 0 Å². The van der Waals surface area contributed by atoms with Crippen molar-refractivity contribution in [2.45, 2.75) is 20.3 Å². The lowest BCUT2D eigenvalue weighted by Crippen LogP contribution is -2.14. The zero-order valence-electron chi connectivity index (χ0n) is 13.1. The maximum atomic E-state index is 6.41. The molecule has 2 aromatic carbocycles. The minimum atomic E-state index is 0.619. The van der Waals surface area contributed by atoms with Crippen LogP contribution in [0.5, 0.6) is 0 Å². The van der Waals surface area contributed by atoms with Crippen molar-refractivity contribution >= 4 is 35.2 Å². The van der Waals surface area contributed by atoms with Crippen LogP contribution in [-0.4, -0.2) is 24.8 Å². The van der Waals surface area contributed by atoms with Gasteiger partial charge in [-0.05, 0) is 49.1 Å². The average Bonchev–Trinajstić information content (AvgIpc) is 2.51. The van der Waals surface area contributed by atoms with E-state index < -0.39 is 0 Å². The molecule has 2 nitrogen and oxygen atoms in total. The highest BCUT2D eigenvalue weighted by Gasteiger charge is 2.09. The zero-order valence-corrected chi connectivity index (χ0v) is 14.6. The van der Waals surface area contributed by atoms with E-state index in [0.717, 1.165) is 18.5 Å². The zero-order chi connectivity index (χ0) is 16.1. The summed E-state index contributed by atoms with van der Waals surface area (Å²) in [6.45, 7) is 5.05. The number of aryl methyl sites for hydroxylation is 1. The second kappa shape index (κ2) is 7.66. The van der Waals surface area contributed by atoms with Crippen molar-refractivity contribution in [1.82, 2.24) is 4.90 Å². The molecule has 116 valence electrons. The molecule has 0 saturated carbocycles. The Morgan fingerprint density at radius 1 is 1.09 bits per heavy atom. The SMILES string of the molecule is CCN(C)C=Nc1cc(Cl)c(Cc2ccccc2C)cc1Cl. The molecule has 0 amide bonds. The summed E-state index contributed by atoms with van der Waals surface area (Å²) >= 11 is 12.7. The highest BCUT2D eigenvalue weighted by molar-refractivity contribution is 6.35. The van der Waals surface area contributed by atoms with E-state index in [0.29, 0.717) is 15.7 Å². The van der Waals surface area contributed by atoms with Gasteiger partial charge < -0.3 is 4.90 Å². The van der Waals surface area contributed by atoms with E-state index in [2.05, 4.69) is 31.0 Å². The molecular weight excluding hydrogens is 315 g/mol. The summed E-state index contributed by atoms with van der Waals surface area (Å²) in [6, 6.07) is 12.0. The summed E-state index contributed by atoms with van der Waals surface area (Å²) in [5.41, 5.74) is 4.22. The Kier molecular flexibility index (Phi) is 5.87. The lowest BCUT2D eigenvalue weighted by molar-refractivity contribution is 0.552. The predicted molar refractivity (Wildman–Crippen MR) is 96.9 cm³/mol. The highest BCUT2D eigenvalue weighted by atomic mass is 35.5. The number of aliphatic imine (C=N–C) groups is 1. The van der Waals surface area contributed by atoms with Crippen LogP contribution in [0.25, 0.3) is 0 Å². The van der Waals surface area contributed by atoms with Gasteiger partial charge in [0.25, 0.3) is 0 Å². The Balaban J connectivity index is 2.27. The van der Waals surface area contributed by atoms with Crippen molar-refractivity contribution in [2.24, 2.45) is 4.99 Å². The first-order chi connectivity index (χ1) is 10.5. The fourth-order valence-electron chi connectivity index (χ4n) is 2.07. The predicted octanol–water partition coefficient (Wildman–Crippen LogP) is 5.50. The van der Waals surface area contributed by atoms with E-state index in [1.165, 1.54) is 11.1 Å². The second-order valence-corrected chi connectivity index (χ2v) is 6.13. The number of hydrogen-bond acceptors (Lipinski definition) is 1. The highest BCUT2D eigenvalue weighted by Crippen LogP contribution is 2.32. The van der Waals surface area contributed by atoms with Gasteiger partial charge in [0, 0.05) is 18.6 Å². The molecular formula is C18H20Cl2N2. The van der Waals surface area contributed by atoms with Gasteiger partial charge in [-0.1, -0.05) is 47.5 Å². The molecule has 0 fully saturated rings. The van der Waals surface area contributed by atoms with E-state index in [9.17, 15) is 0 Å². The van der Waals surface area contributed by atoms with Crippen LogP contribution in [-0.2, 0) is 6.42 Å². The summed E-state index contributed by atoms with van der Waals surface area (Å²) in [5, 5.41) is 1.31. The third-order valence-electron chi connectivity index (χ3n) is 3.65. The maximum absolute atomic E-state index is 6.41. The maximum Gasteiger partial charge on any atom is 0.0910 e. The molecule has 22 heavy (non-hydrogen) atoms. The molecule has 0 unspecified atom stereocenters. The van der Waals surface area contributed by atoms with Gasteiger partial charge in [0.1, 0.15) is 0 Å². The van der Waals surface area contributed by atoms with Crippen LogP contribution in [0.3, 0.4) is 0 Å². The monoisotopic (exact) mass is 334 g/mol. The molecule has 2 aromatic rings. The third kappa shape index (κ3) is 4.25. The van der Waals surface area contributed by atoms with E-state index in [4.69, 9.17) is 23.2 Å². The van der Waals surface area contributed by atoms with Crippen LogP contribution in [0.1, 0.15) is 23.6 Å². The minimum absolute atomic E-state index is 0.619. The van der Waals surface area contributed by atoms with Gasteiger partial charge in [-0.2, -0.15) is 0 Å². The number of rotatable bonds is 5. The molecule has 0 aliphatic heterocycles. The van der Waals surface area contributed by atoms with Crippen LogP contribution in [0.2, 0.25) is 10.0 Å².